The maximum Gasteiger partial charge on any atom is 0.219 e. The Hall–Kier alpha value is -1.59. The van der Waals surface area contributed by atoms with Gasteiger partial charge >= 0.3 is 0 Å². The van der Waals surface area contributed by atoms with Gasteiger partial charge in [-0.15, -0.1) is 0 Å². The van der Waals surface area contributed by atoms with Crippen LogP contribution in [0.4, 0.5) is 5.69 Å². The van der Waals surface area contributed by atoms with Crippen molar-refractivity contribution in [3.8, 4) is 0 Å². The SMILES string of the molecule is CCC(=O)NC[C@@H](c1ccc(N(C)C)cc1)[NH+]1CCOCC1. The van der Waals surface area contributed by atoms with E-state index in [9.17, 15) is 4.79 Å². The van der Waals surface area contributed by atoms with Gasteiger partial charge < -0.3 is 19.9 Å². The van der Waals surface area contributed by atoms with Gasteiger partial charge in [0.15, 0.2) is 0 Å². The molecule has 0 unspecified atom stereocenters. The predicted molar refractivity (Wildman–Crippen MR) is 88.3 cm³/mol. The summed E-state index contributed by atoms with van der Waals surface area (Å²) < 4.78 is 5.47. The van der Waals surface area contributed by atoms with Crippen molar-refractivity contribution < 1.29 is 14.4 Å². The van der Waals surface area contributed by atoms with Crippen LogP contribution in [0.3, 0.4) is 0 Å². The summed E-state index contributed by atoms with van der Waals surface area (Å²) in [5.74, 6) is 0.113. The Morgan fingerprint density at radius 2 is 1.91 bits per heavy atom. The van der Waals surface area contributed by atoms with E-state index in [0.717, 1.165) is 26.3 Å². The summed E-state index contributed by atoms with van der Waals surface area (Å²) in [6, 6.07) is 8.94. The molecular weight excluding hydrogens is 278 g/mol. The molecule has 1 aliphatic heterocycles. The van der Waals surface area contributed by atoms with Gasteiger partial charge in [-0.05, 0) is 12.1 Å². The standard InChI is InChI=1S/C17H27N3O2/c1-4-17(21)18-13-16(20-9-11-22-12-10-20)14-5-7-15(8-6-14)19(2)3/h5-8,16H,4,9-13H2,1-3H3,(H,18,21)/p+1/t16-/m0/s1. The highest BCUT2D eigenvalue weighted by atomic mass is 16.5. The Morgan fingerprint density at radius 1 is 1.27 bits per heavy atom. The summed E-state index contributed by atoms with van der Waals surface area (Å²) >= 11 is 0. The third-order valence-corrected chi connectivity index (χ3v) is 4.26. The Kier molecular flexibility index (Phi) is 6.21. The number of nitrogens with one attached hydrogen (secondary N) is 2. The lowest BCUT2D eigenvalue weighted by molar-refractivity contribution is -0.937. The number of hydrogen-bond donors (Lipinski definition) is 2. The van der Waals surface area contributed by atoms with E-state index in [-0.39, 0.29) is 11.9 Å². The number of carbonyl (C=O) groups is 1. The molecule has 0 bridgehead atoms. The second-order valence-corrected chi connectivity index (χ2v) is 5.97. The fourth-order valence-electron chi connectivity index (χ4n) is 2.83. The number of rotatable bonds is 6. The smallest absolute Gasteiger partial charge is 0.219 e. The molecule has 0 saturated carbocycles. The number of morpholine rings is 1. The van der Waals surface area contributed by atoms with Crippen molar-refractivity contribution in [1.82, 2.24) is 5.32 Å². The maximum atomic E-state index is 11.6. The molecule has 1 aliphatic rings. The number of anilines is 1. The van der Waals surface area contributed by atoms with E-state index in [2.05, 4.69) is 34.5 Å². The number of ether oxygens (including phenoxy) is 1. The van der Waals surface area contributed by atoms with Gasteiger partial charge in [0.05, 0.1) is 19.8 Å². The molecule has 2 rings (SSSR count). The summed E-state index contributed by atoms with van der Waals surface area (Å²) in [5.41, 5.74) is 2.47. The molecule has 0 aliphatic carbocycles. The highest BCUT2D eigenvalue weighted by molar-refractivity contribution is 5.75. The number of carbonyl (C=O) groups excluding carboxylic acids is 1. The average molecular weight is 306 g/mol. The first kappa shape index (κ1) is 16.8. The summed E-state index contributed by atoms with van der Waals surface area (Å²) in [6.45, 7) is 6.14. The number of amides is 1. The fourth-order valence-corrected chi connectivity index (χ4v) is 2.83. The zero-order chi connectivity index (χ0) is 15.9. The van der Waals surface area contributed by atoms with Gasteiger partial charge in [0.1, 0.15) is 19.1 Å². The van der Waals surface area contributed by atoms with E-state index in [4.69, 9.17) is 4.74 Å². The minimum absolute atomic E-state index is 0.113. The molecule has 0 spiro atoms. The van der Waals surface area contributed by atoms with E-state index in [1.165, 1.54) is 16.2 Å². The number of quaternary nitrogens is 1. The van der Waals surface area contributed by atoms with Gasteiger partial charge in [0, 0.05) is 31.8 Å². The van der Waals surface area contributed by atoms with Crippen molar-refractivity contribution >= 4 is 11.6 Å². The van der Waals surface area contributed by atoms with E-state index >= 15 is 0 Å². The summed E-state index contributed by atoms with van der Waals surface area (Å²) in [5, 5.41) is 3.05. The van der Waals surface area contributed by atoms with Crippen molar-refractivity contribution in [2.75, 3.05) is 51.8 Å². The normalized spacial score (nSPS) is 17.0. The van der Waals surface area contributed by atoms with Crippen LogP contribution in [-0.4, -0.2) is 52.9 Å². The Morgan fingerprint density at radius 3 is 2.45 bits per heavy atom. The highest BCUT2D eigenvalue weighted by Gasteiger charge is 2.26. The molecule has 5 heteroatoms. The molecule has 0 radical (unpaired) electrons. The summed E-state index contributed by atoms with van der Waals surface area (Å²) in [6.07, 6.45) is 0.532. The molecule has 1 heterocycles. The summed E-state index contributed by atoms with van der Waals surface area (Å²) in [7, 11) is 4.09. The third kappa shape index (κ3) is 4.45. The molecule has 5 nitrogen and oxygen atoms in total. The lowest BCUT2D eigenvalue weighted by Crippen LogP contribution is -3.15. The quantitative estimate of drug-likeness (QED) is 0.791. The minimum Gasteiger partial charge on any atom is -0.378 e. The largest absolute Gasteiger partial charge is 0.378 e. The van der Waals surface area contributed by atoms with Gasteiger partial charge in [-0.25, -0.2) is 0 Å². The highest BCUT2D eigenvalue weighted by Crippen LogP contribution is 2.16. The van der Waals surface area contributed by atoms with Crippen LogP contribution in [0.1, 0.15) is 24.9 Å². The van der Waals surface area contributed by atoms with Crippen molar-refractivity contribution in [1.29, 1.82) is 0 Å². The summed E-state index contributed by atoms with van der Waals surface area (Å²) in [4.78, 5) is 15.2. The molecule has 1 aromatic rings. The number of benzene rings is 1. The average Bonchev–Trinajstić information content (AvgIpc) is 2.56. The molecule has 1 aromatic carbocycles. The Balaban J connectivity index is 2.12. The molecule has 1 amide bonds. The zero-order valence-electron chi connectivity index (χ0n) is 13.9. The lowest BCUT2D eigenvalue weighted by Gasteiger charge is -2.32. The van der Waals surface area contributed by atoms with Crippen molar-refractivity contribution in [3.05, 3.63) is 29.8 Å². The molecule has 22 heavy (non-hydrogen) atoms. The van der Waals surface area contributed by atoms with Gasteiger partial charge in [0.25, 0.3) is 0 Å². The Bertz CT molecular complexity index is 467. The molecule has 1 saturated heterocycles. The predicted octanol–water partition coefficient (Wildman–Crippen LogP) is 0.235. The van der Waals surface area contributed by atoms with Crippen LogP contribution in [0.2, 0.25) is 0 Å². The minimum atomic E-state index is 0.113. The second-order valence-electron chi connectivity index (χ2n) is 5.97. The molecule has 1 atom stereocenters. The van der Waals surface area contributed by atoms with Crippen molar-refractivity contribution in [3.63, 3.8) is 0 Å². The van der Waals surface area contributed by atoms with E-state index in [1.54, 1.807) is 0 Å². The maximum absolute atomic E-state index is 11.6. The van der Waals surface area contributed by atoms with Crippen molar-refractivity contribution in [2.24, 2.45) is 0 Å². The van der Waals surface area contributed by atoms with Crippen LogP contribution in [0.5, 0.6) is 0 Å². The monoisotopic (exact) mass is 306 g/mol. The molecule has 122 valence electrons. The zero-order valence-corrected chi connectivity index (χ0v) is 13.9. The van der Waals surface area contributed by atoms with Gasteiger partial charge in [0.2, 0.25) is 5.91 Å². The van der Waals surface area contributed by atoms with E-state index in [1.807, 2.05) is 21.0 Å². The first-order valence-electron chi connectivity index (χ1n) is 8.08. The fraction of sp³-hybridized carbons (Fsp3) is 0.588. The van der Waals surface area contributed by atoms with Crippen LogP contribution in [0.25, 0.3) is 0 Å². The van der Waals surface area contributed by atoms with Gasteiger partial charge in [-0.3, -0.25) is 4.79 Å². The second kappa shape index (κ2) is 8.15. The molecule has 2 N–H and O–H groups in total. The van der Waals surface area contributed by atoms with Crippen LogP contribution >= 0.6 is 0 Å². The van der Waals surface area contributed by atoms with Crippen LogP contribution in [0.15, 0.2) is 24.3 Å². The van der Waals surface area contributed by atoms with Crippen LogP contribution < -0.4 is 15.1 Å². The Labute approximate surface area is 133 Å². The van der Waals surface area contributed by atoms with Gasteiger partial charge in [-0.1, -0.05) is 19.1 Å². The molecule has 0 aromatic heterocycles. The molecular formula is C17H28N3O2+. The number of nitrogens with zero attached hydrogens (tertiary/aromatic N) is 1. The first-order valence-corrected chi connectivity index (χ1v) is 8.08. The lowest BCUT2D eigenvalue weighted by atomic mass is 10.0. The van der Waals surface area contributed by atoms with E-state index in [0.29, 0.717) is 13.0 Å². The van der Waals surface area contributed by atoms with Crippen LogP contribution in [-0.2, 0) is 9.53 Å². The van der Waals surface area contributed by atoms with Crippen LogP contribution in [0, 0.1) is 0 Å². The number of hydrogen-bond acceptors (Lipinski definition) is 3. The van der Waals surface area contributed by atoms with E-state index < -0.39 is 0 Å². The first-order chi connectivity index (χ1) is 10.6. The molecule has 1 fully saturated rings. The third-order valence-electron chi connectivity index (χ3n) is 4.26. The van der Waals surface area contributed by atoms with Crippen molar-refractivity contribution in [2.45, 2.75) is 19.4 Å². The van der Waals surface area contributed by atoms with Gasteiger partial charge in [-0.2, -0.15) is 0 Å². The topological polar surface area (TPSA) is 46.0 Å².